The molecule has 0 spiro atoms. The molecule has 1 unspecified atom stereocenters. The molecule has 150 valence electrons. The zero-order chi connectivity index (χ0) is 20.4. The van der Waals surface area contributed by atoms with Crippen LogP contribution in [0.3, 0.4) is 0 Å². The van der Waals surface area contributed by atoms with Crippen molar-refractivity contribution in [1.82, 2.24) is 10.2 Å². The Morgan fingerprint density at radius 1 is 1.22 bits per heavy atom. The molecule has 3 atom stereocenters. The van der Waals surface area contributed by atoms with Gasteiger partial charge >= 0.3 is 18.2 Å². The molecule has 0 aromatic heterocycles. The molecule has 1 aliphatic rings. The van der Waals surface area contributed by atoms with Crippen molar-refractivity contribution in [3.05, 3.63) is 35.6 Å². The summed E-state index contributed by atoms with van der Waals surface area (Å²) in [5, 5.41) is 11.7. The summed E-state index contributed by atoms with van der Waals surface area (Å²) in [4.78, 5) is 24.5. The van der Waals surface area contributed by atoms with Crippen LogP contribution in [0.4, 0.5) is 22.4 Å². The van der Waals surface area contributed by atoms with Crippen molar-refractivity contribution in [2.24, 2.45) is 17.8 Å². The highest BCUT2D eigenvalue weighted by Gasteiger charge is 2.53. The van der Waals surface area contributed by atoms with E-state index in [2.05, 4.69) is 5.32 Å². The molecule has 1 aliphatic heterocycles. The number of nitrogens with one attached hydrogen (secondary N) is 1. The van der Waals surface area contributed by atoms with Crippen LogP contribution >= 0.6 is 0 Å². The molecule has 2 rings (SSSR count). The van der Waals surface area contributed by atoms with E-state index in [-0.39, 0.29) is 11.7 Å². The van der Waals surface area contributed by atoms with Crippen molar-refractivity contribution < 1.29 is 32.3 Å². The van der Waals surface area contributed by atoms with Gasteiger partial charge in [-0.3, -0.25) is 4.79 Å². The Kier molecular flexibility index (Phi) is 6.33. The number of aliphatic carboxylic acids is 1. The highest BCUT2D eigenvalue weighted by atomic mass is 19.4. The van der Waals surface area contributed by atoms with E-state index >= 15 is 0 Å². The van der Waals surface area contributed by atoms with E-state index in [9.17, 15) is 27.2 Å². The fourth-order valence-corrected chi connectivity index (χ4v) is 3.13. The van der Waals surface area contributed by atoms with Gasteiger partial charge in [-0.25, -0.2) is 9.18 Å². The van der Waals surface area contributed by atoms with E-state index in [0.717, 1.165) is 10.5 Å². The zero-order valence-corrected chi connectivity index (χ0v) is 15.0. The third kappa shape index (κ3) is 5.33. The van der Waals surface area contributed by atoms with Crippen molar-refractivity contribution in [3.8, 4) is 0 Å². The summed E-state index contributed by atoms with van der Waals surface area (Å²) < 4.78 is 52.2. The van der Waals surface area contributed by atoms with Gasteiger partial charge in [0.25, 0.3) is 0 Å². The van der Waals surface area contributed by atoms with Crippen LogP contribution in [0.15, 0.2) is 24.3 Å². The highest BCUT2D eigenvalue weighted by molar-refractivity contribution is 5.78. The van der Waals surface area contributed by atoms with Crippen LogP contribution in [0.1, 0.15) is 19.4 Å². The van der Waals surface area contributed by atoms with Gasteiger partial charge in [0, 0.05) is 19.1 Å². The SMILES string of the molecule is CC(C)C(Cc1ccc(F)cc1)NC(=O)N1C[C@@H](C(F)(F)F)[C@H](C(=O)O)C1. The van der Waals surface area contributed by atoms with Crippen LogP contribution < -0.4 is 5.32 Å². The smallest absolute Gasteiger partial charge is 0.394 e. The molecular weight excluding hydrogens is 368 g/mol. The molecule has 2 N–H and O–H groups in total. The summed E-state index contributed by atoms with van der Waals surface area (Å²) in [5.74, 6) is -5.76. The molecule has 1 saturated heterocycles. The molecule has 1 aromatic carbocycles. The molecule has 1 fully saturated rings. The monoisotopic (exact) mass is 390 g/mol. The molecule has 27 heavy (non-hydrogen) atoms. The minimum Gasteiger partial charge on any atom is -0.481 e. The number of alkyl halides is 3. The maximum absolute atomic E-state index is 13.1. The molecule has 5 nitrogen and oxygen atoms in total. The van der Waals surface area contributed by atoms with Gasteiger partial charge in [-0.1, -0.05) is 26.0 Å². The Hall–Kier alpha value is -2.32. The second-order valence-corrected chi connectivity index (χ2v) is 7.13. The third-order valence-corrected chi connectivity index (χ3v) is 4.83. The van der Waals surface area contributed by atoms with E-state index in [0.29, 0.717) is 6.42 Å². The number of hydrogen-bond acceptors (Lipinski definition) is 2. The summed E-state index contributed by atoms with van der Waals surface area (Å²) in [5.41, 5.74) is 0.772. The van der Waals surface area contributed by atoms with Crippen LogP contribution in [0.25, 0.3) is 0 Å². The van der Waals surface area contributed by atoms with E-state index < -0.39 is 49.1 Å². The van der Waals surface area contributed by atoms with Crippen LogP contribution in [0.2, 0.25) is 0 Å². The molecule has 2 amide bonds. The predicted octanol–water partition coefficient (Wildman–Crippen LogP) is 3.30. The normalized spacial score (nSPS) is 21.4. The van der Waals surface area contributed by atoms with Crippen LogP contribution in [-0.2, 0) is 11.2 Å². The molecule has 0 bridgehead atoms. The number of carboxylic acids is 1. The Morgan fingerprint density at radius 3 is 2.26 bits per heavy atom. The van der Waals surface area contributed by atoms with Crippen LogP contribution in [0.5, 0.6) is 0 Å². The van der Waals surface area contributed by atoms with Gasteiger partial charge in [0.2, 0.25) is 0 Å². The lowest BCUT2D eigenvalue weighted by molar-refractivity contribution is -0.187. The number of carbonyl (C=O) groups is 2. The fraction of sp³-hybridized carbons (Fsp3) is 0.556. The quantitative estimate of drug-likeness (QED) is 0.758. The number of carbonyl (C=O) groups excluding carboxylic acids is 1. The van der Waals surface area contributed by atoms with Crippen molar-refractivity contribution in [1.29, 1.82) is 0 Å². The van der Waals surface area contributed by atoms with E-state index in [4.69, 9.17) is 5.11 Å². The maximum Gasteiger partial charge on any atom is 0.394 e. The van der Waals surface area contributed by atoms with Gasteiger partial charge in [-0.15, -0.1) is 0 Å². The topological polar surface area (TPSA) is 69.6 Å². The first-order chi connectivity index (χ1) is 12.5. The van der Waals surface area contributed by atoms with Gasteiger partial charge in [0.15, 0.2) is 0 Å². The Bertz CT molecular complexity index is 676. The van der Waals surface area contributed by atoms with Gasteiger partial charge in [0.1, 0.15) is 5.82 Å². The van der Waals surface area contributed by atoms with Gasteiger partial charge in [-0.05, 0) is 30.0 Å². The summed E-state index contributed by atoms with van der Waals surface area (Å²) in [6, 6.07) is 4.62. The van der Waals surface area contributed by atoms with Crippen molar-refractivity contribution >= 4 is 12.0 Å². The van der Waals surface area contributed by atoms with Crippen molar-refractivity contribution in [2.45, 2.75) is 32.5 Å². The number of benzene rings is 1. The highest BCUT2D eigenvalue weighted by Crippen LogP contribution is 2.37. The second-order valence-electron chi connectivity index (χ2n) is 7.13. The fourth-order valence-electron chi connectivity index (χ4n) is 3.13. The second kappa shape index (κ2) is 8.14. The van der Waals surface area contributed by atoms with Gasteiger partial charge in [0.05, 0.1) is 11.8 Å². The number of nitrogens with zero attached hydrogens (tertiary/aromatic N) is 1. The summed E-state index contributed by atoms with van der Waals surface area (Å²) in [7, 11) is 0. The molecule has 1 aromatic rings. The van der Waals surface area contributed by atoms with Crippen LogP contribution in [-0.4, -0.2) is 47.3 Å². The summed E-state index contributed by atoms with van der Waals surface area (Å²) in [6.07, 6.45) is -4.31. The van der Waals surface area contributed by atoms with Gasteiger partial charge < -0.3 is 15.3 Å². The van der Waals surface area contributed by atoms with Crippen LogP contribution in [0, 0.1) is 23.6 Å². The average Bonchev–Trinajstić information content (AvgIpc) is 3.02. The number of hydrogen-bond donors (Lipinski definition) is 2. The number of urea groups is 1. The molecule has 1 heterocycles. The average molecular weight is 390 g/mol. The lowest BCUT2D eigenvalue weighted by atomic mass is 9.96. The van der Waals surface area contributed by atoms with E-state index in [1.165, 1.54) is 12.1 Å². The van der Waals surface area contributed by atoms with E-state index in [1.807, 2.05) is 13.8 Å². The van der Waals surface area contributed by atoms with Crippen molar-refractivity contribution in [2.75, 3.05) is 13.1 Å². The maximum atomic E-state index is 13.1. The van der Waals surface area contributed by atoms with Crippen molar-refractivity contribution in [3.63, 3.8) is 0 Å². The minimum absolute atomic E-state index is 0.0321. The first-order valence-electron chi connectivity index (χ1n) is 8.58. The summed E-state index contributed by atoms with van der Waals surface area (Å²) in [6.45, 7) is 2.51. The largest absolute Gasteiger partial charge is 0.481 e. The molecular formula is C18H22F4N2O3. The van der Waals surface area contributed by atoms with Gasteiger partial charge in [-0.2, -0.15) is 13.2 Å². The predicted molar refractivity (Wildman–Crippen MR) is 89.5 cm³/mol. The Balaban J connectivity index is 2.06. The molecule has 0 aliphatic carbocycles. The Labute approximate surface area is 154 Å². The number of likely N-dealkylation sites (tertiary alicyclic amines) is 1. The standard InChI is InChI=1S/C18H22F4N2O3/c1-10(2)15(7-11-3-5-12(19)6-4-11)23-17(27)24-8-13(16(25)26)14(9-24)18(20,21)22/h3-6,10,13-15H,7-9H2,1-2H3,(H,23,27)(H,25,26)/t13-,14-,15?/m1/s1. The first kappa shape index (κ1) is 21.0. The number of amides is 2. The molecule has 9 heteroatoms. The molecule has 0 saturated carbocycles. The lowest BCUT2D eigenvalue weighted by Crippen LogP contribution is -2.47. The lowest BCUT2D eigenvalue weighted by Gasteiger charge is -2.26. The number of rotatable bonds is 5. The minimum atomic E-state index is -4.69. The summed E-state index contributed by atoms with van der Waals surface area (Å²) >= 11 is 0. The molecule has 0 radical (unpaired) electrons. The van der Waals surface area contributed by atoms with E-state index in [1.54, 1.807) is 12.1 Å². The first-order valence-corrected chi connectivity index (χ1v) is 8.58. The number of carboxylic acid groups (broad SMARTS) is 1. The third-order valence-electron chi connectivity index (χ3n) is 4.83. The zero-order valence-electron chi connectivity index (χ0n) is 15.0. The number of halogens is 4. The Morgan fingerprint density at radius 2 is 1.81 bits per heavy atom.